The zero-order valence-electron chi connectivity index (χ0n) is 20.9. The van der Waals surface area contributed by atoms with Crippen LogP contribution in [0.2, 0.25) is 0 Å². The van der Waals surface area contributed by atoms with Crippen molar-refractivity contribution in [3.8, 4) is 0 Å². The van der Waals surface area contributed by atoms with Crippen LogP contribution in [0.15, 0.2) is 59.5 Å². The molecule has 0 aliphatic heterocycles. The average Bonchev–Trinajstić information content (AvgIpc) is 2.84. The van der Waals surface area contributed by atoms with Crippen molar-refractivity contribution in [1.82, 2.24) is 5.32 Å². The minimum atomic E-state index is -3.87. The number of nitrogens with one attached hydrogen (secondary N) is 2. The van der Waals surface area contributed by atoms with Gasteiger partial charge in [-0.25, -0.2) is 8.42 Å². The Kier molecular flexibility index (Phi) is 7.31. The first-order valence-corrected chi connectivity index (χ1v) is 13.8. The molecule has 1 aliphatic carbocycles. The van der Waals surface area contributed by atoms with Gasteiger partial charge in [0, 0.05) is 5.56 Å². The number of carbonyl (C=O) groups excluding carboxylic acids is 1. The number of rotatable bonds is 7. The highest BCUT2D eigenvalue weighted by atomic mass is 32.2. The second-order valence-electron chi connectivity index (χ2n) is 9.57. The maximum Gasteiger partial charge on any atom is 0.262 e. The Hall–Kier alpha value is -3.12. The van der Waals surface area contributed by atoms with E-state index < -0.39 is 10.0 Å². The molecule has 0 saturated heterocycles. The van der Waals surface area contributed by atoms with E-state index in [4.69, 9.17) is 0 Å². The lowest BCUT2D eigenvalue weighted by Gasteiger charge is -2.22. The van der Waals surface area contributed by atoms with Crippen LogP contribution >= 0.6 is 0 Å². The molecule has 0 fully saturated rings. The molecule has 0 heterocycles. The molecule has 0 aromatic heterocycles. The molecule has 2 N–H and O–H groups in total. The van der Waals surface area contributed by atoms with Crippen molar-refractivity contribution >= 4 is 21.6 Å². The molecule has 184 valence electrons. The van der Waals surface area contributed by atoms with E-state index in [0.717, 1.165) is 36.0 Å². The van der Waals surface area contributed by atoms with Crippen LogP contribution in [-0.4, -0.2) is 14.3 Å². The molecule has 1 amide bonds. The molecule has 5 nitrogen and oxygen atoms in total. The minimum Gasteiger partial charge on any atom is -0.345 e. The first-order chi connectivity index (χ1) is 16.7. The van der Waals surface area contributed by atoms with Crippen molar-refractivity contribution < 1.29 is 13.2 Å². The number of benzene rings is 3. The monoisotopic (exact) mass is 490 g/mol. The predicted molar refractivity (Wildman–Crippen MR) is 141 cm³/mol. The van der Waals surface area contributed by atoms with Crippen LogP contribution in [0.5, 0.6) is 0 Å². The van der Waals surface area contributed by atoms with Crippen LogP contribution in [-0.2, 0) is 22.9 Å². The lowest BCUT2D eigenvalue weighted by Crippen LogP contribution is -2.28. The third-order valence-electron chi connectivity index (χ3n) is 6.87. The van der Waals surface area contributed by atoms with Crippen LogP contribution in [0, 0.1) is 20.8 Å². The number of fused-ring (bicyclic) bond motifs is 1. The Morgan fingerprint density at radius 2 is 1.60 bits per heavy atom. The molecule has 0 saturated carbocycles. The zero-order chi connectivity index (χ0) is 25.2. The summed E-state index contributed by atoms with van der Waals surface area (Å²) in [6.45, 7) is 7.56. The van der Waals surface area contributed by atoms with Gasteiger partial charge in [0.1, 0.15) is 0 Å². The molecule has 3 aromatic carbocycles. The number of hydrogen-bond donors (Lipinski definition) is 2. The molecule has 3 aromatic rings. The fraction of sp³-hybridized carbons (Fsp3) is 0.345. The quantitative estimate of drug-likeness (QED) is 0.416. The Balaban J connectivity index is 1.57. The summed E-state index contributed by atoms with van der Waals surface area (Å²) < 4.78 is 29.2. The Bertz CT molecular complexity index is 1360. The van der Waals surface area contributed by atoms with Gasteiger partial charge in [0.2, 0.25) is 0 Å². The smallest absolute Gasteiger partial charge is 0.262 e. The van der Waals surface area contributed by atoms with Gasteiger partial charge < -0.3 is 5.32 Å². The lowest BCUT2D eigenvalue weighted by molar-refractivity contribution is 0.0935. The van der Waals surface area contributed by atoms with Gasteiger partial charge in [-0.1, -0.05) is 43.3 Å². The summed E-state index contributed by atoms with van der Waals surface area (Å²) in [5, 5.41) is 3.12. The van der Waals surface area contributed by atoms with Crippen LogP contribution in [0.3, 0.4) is 0 Å². The van der Waals surface area contributed by atoms with E-state index in [0.29, 0.717) is 16.8 Å². The van der Waals surface area contributed by atoms with Crippen molar-refractivity contribution in [3.05, 3.63) is 93.5 Å². The Morgan fingerprint density at radius 1 is 0.886 bits per heavy atom. The first kappa shape index (κ1) is 25.0. The van der Waals surface area contributed by atoms with Gasteiger partial charge >= 0.3 is 0 Å². The van der Waals surface area contributed by atoms with Gasteiger partial charge in [0.25, 0.3) is 15.9 Å². The summed E-state index contributed by atoms with van der Waals surface area (Å²) in [5.74, 6) is -0.280. The summed E-state index contributed by atoms with van der Waals surface area (Å²) in [6.07, 6.45) is 5.39. The minimum absolute atomic E-state index is 0.105. The van der Waals surface area contributed by atoms with Crippen molar-refractivity contribution in [2.75, 3.05) is 4.72 Å². The first-order valence-electron chi connectivity index (χ1n) is 12.3. The molecule has 0 bridgehead atoms. The van der Waals surface area contributed by atoms with Crippen LogP contribution in [0.1, 0.15) is 76.0 Å². The number of amides is 1. The lowest BCUT2D eigenvalue weighted by atomic mass is 9.88. The number of hydrogen-bond acceptors (Lipinski definition) is 3. The third-order valence-corrected chi connectivity index (χ3v) is 8.37. The average molecular weight is 491 g/mol. The number of anilines is 1. The van der Waals surface area contributed by atoms with Crippen molar-refractivity contribution in [1.29, 1.82) is 0 Å². The summed E-state index contributed by atoms with van der Waals surface area (Å²) >= 11 is 0. The maximum atomic E-state index is 13.3. The molecule has 0 unspecified atom stereocenters. The molecule has 0 radical (unpaired) electrons. The van der Waals surface area contributed by atoms with Crippen molar-refractivity contribution in [2.24, 2.45) is 0 Å². The molecule has 1 atom stereocenters. The number of aryl methyl sites for hydroxylation is 5. The summed E-state index contributed by atoms with van der Waals surface area (Å²) in [5.41, 5.74) is 7.13. The van der Waals surface area contributed by atoms with E-state index in [9.17, 15) is 13.2 Å². The van der Waals surface area contributed by atoms with Gasteiger partial charge in [0.15, 0.2) is 0 Å². The third kappa shape index (κ3) is 5.59. The van der Waals surface area contributed by atoms with Gasteiger partial charge in [-0.2, -0.15) is 0 Å². The highest BCUT2D eigenvalue weighted by Gasteiger charge is 2.22. The Labute approximate surface area is 209 Å². The van der Waals surface area contributed by atoms with Crippen molar-refractivity contribution in [3.63, 3.8) is 0 Å². The summed E-state index contributed by atoms with van der Waals surface area (Å²) in [4.78, 5) is 13.3. The predicted octanol–water partition coefficient (Wildman–Crippen LogP) is 6.17. The molecule has 35 heavy (non-hydrogen) atoms. The summed E-state index contributed by atoms with van der Waals surface area (Å²) in [7, 11) is -3.87. The molecule has 0 spiro atoms. The fourth-order valence-electron chi connectivity index (χ4n) is 4.71. The second kappa shape index (κ2) is 10.2. The summed E-state index contributed by atoms with van der Waals surface area (Å²) in [6, 6.07) is 16.9. The standard InChI is InChI=1S/C29H34N2O3S/c1-5-26(24-15-14-22-8-6-7-9-23(22)17-24)30-29(32)25-13-12-21(4)28(18-25)35(33,34)31-27-16-19(2)10-11-20(27)3/h10-18,26,31H,5-9H2,1-4H3,(H,30,32)/t26-/m1/s1. The molecular weight excluding hydrogens is 456 g/mol. The Morgan fingerprint density at radius 3 is 2.34 bits per heavy atom. The second-order valence-corrected chi connectivity index (χ2v) is 11.2. The topological polar surface area (TPSA) is 75.3 Å². The van der Waals surface area contributed by atoms with E-state index in [1.54, 1.807) is 19.1 Å². The molecule has 6 heteroatoms. The van der Waals surface area contributed by atoms with Gasteiger partial charge in [-0.05, 0) is 104 Å². The highest BCUT2D eigenvalue weighted by Crippen LogP contribution is 2.27. The maximum absolute atomic E-state index is 13.3. The number of carbonyl (C=O) groups is 1. The fourth-order valence-corrected chi connectivity index (χ4v) is 6.10. The van der Waals surface area contributed by atoms with E-state index in [1.165, 1.54) is 30.0 Å². The normalized spacial score (nSPS) is 14.2. The van der Waals surface area contributed by atoms with Gasteiger partial charge in [-0.15, -0.1) is 0 Å². The zero-order valence-corrected chi connectivity index (χ0v) is 21.8. The highest BCUT2D eigenvalue weighted by molar-refractivity contribution is 7.92. The van der Waals surface area contributed by atoms with Gasteiger partial charge in [-0.3, -0.25) is 9.52 Å². The van der Waals surface area contributed by atoms with Crippen molar-refractivity contribution in [2.45, 2.75) is 70.7 Å². The van der Waals surface area contributed by atoms with Gasteiger partial charge in [0.05, 0.1) is 16.6 Å². The largest absolute Gasteiger partial charge is 0.345 e. The molecule has 1 aliphatic rings. The van der Waals surface area contributed by atoms with E-state index >= 15 is 0 Å². The van der Waals surface area contributed by atoms with Crippen LogP contribution in [0.4, 0.5) is 5.69 Å². The van der Waals surface area contributed by atoms with E-state index in [1.807, 2.05) is 39.0 Å². The van der Waals surface area contributed by atoms with Crippen LogP contribution < -0.4 is 10.0 Å². The van der Waals surface area contributed by atoms with E-state index in [-0.39, 0.29) is 16.8 Å². The number of sulfonamides is 1. The molecular formula is C29H34N2O3S. The van der Waals surface area contributed by atoms with Crippen LogP contribution in [0.25, 0.3) is 0 Å². The SMILES string of the molecule is CC[C@@H](NC(=O)c1ccc(C)c(S(=O)(=O)Nc2cc(C)ccc2C)c1)c1ccc2c(c1)CCCC2. The van der Waals surface area contributed by atoms with E-state index in [2.05, 4.69) is 28.2 Å². The molecule has 4 rings (SSSR count).